The highest BCUT2D eigenvalue weighted by atomic mass is 35.5. The summed E-state index contributed by atoms with van der Waals surface area (Å²) in [7, 11) is 0. The molecule has 234 valence electrons. The van der Waals surface area contributed by atoms with Crippen LogP contribution in [-0.4, -0.2) is 64.1 Å². The molecular formula is C36H40ClN5O3. The lowest BCUT2D eigenvalue weighted by Gasteiger charge is -2.42. The minimum atomic E-state index is -0.521. The van der Waals surface area contributed by atoms with Gasteiger partial charge in [-0.3, -0.25) is 14.3 Å². The van der Waals surface area contributed by atoms with E-state index in [1.807, 2.05) is 33.7 Å². The van der Waals surface area contributed by atoms with E-state index >= 15 is 0 Å². The van der Waals surface area contributed by atoms with Gasteiger partial charge in [0.05, 0.1) is 12.9 Å². The fraction of sp³-hybridized carbons (Fsp3) is 0.361. The Balaban J connectivity index is 1.15. The van der Waals surface area contributed by atoms with E-state index < -0.39 is 6.09 Å². The molecule has 45 heavy (non-hydrogen) atoms. The molecule has 0 unspecified atom stereocenters. The van der Waals surface area contributed by atoms with Gasteiger partial charge in [0.25, 0.3) is 0 Å². The number of rotatable bonds is 11. The lowest BCUT2D eigenvalue weighted by atomic mass is 9.68. The van der Waals surface area contributed by atoms with Crippen LogP contribution in [0.2, 0.25) is 5.02 Å². The van der Waals surface area contributed by atoms with Crippen LogP contribution < -0.4 is 10.1 Å². The number of hydrogen-bond donors (Lipinski definition) is 1. The van der Waals surface area contributed by atoms with Gasteiger partial charge in [-0.05, 0) is 67.6 Å². The molecule has 3 aromatic carbocycles. The molecule has 2 saturated heterocycles. The number of aromatic nitrogens is 2. The molecule has 4 aromatic rings. The summed E-state index contributed by atoms with van der Waals surface area (Å²) in [6.45, 7) is 4.70. The first-order valence-electron chi connectivity index (χ1n) is 15.9. The van der Waals surface area contributed by atoms with Crippen LogP contribution in [0.5, 0.6) is 5.88 Å². The minimum Gasteiger partial charge on any atom is -0.391 e. The third kappa shape index (κ3) is 7.40. The maximum absolute atomic E-state index is 13.0. The van der Waals surface area contributed by atoms with Crippen molar-refractivity contribution in [1.29, 1.82) is 0 Å². The summed E-state index contributed by atoms with van der Waals surface area (Å²) in [5.41, 5.74) is 4.40. The predicted octanol–water partition coefficient (Wildman–Crippen LogP) is 6.27. The van der Waals surface area contributed by atoms with Crippen LogP contribution in [0.1, 0.15) is 54.5 Å². The van der Waals surface area contributed by atoms with Crippen molar-refractivity contribution in [3.05, 3.63) is 119 Å². The average molecular weight is 626 g/mol. The van der Waals surface area contributed by atoms with E-state index in [-0.39, 0.29) is 11.3 Å². The molecule has 0 radical (unpaired) electrons. The lowest BCUT2D eigenvalue weighted by Crippen LogP contribution is -2.43. The molecule has 0 aliphatic carbocycles. The molecule has 0 spiro atoms. The third-order valence-electron chi connectivity index (χ3n) is 9.10. The molecule has 2 aliphatic rings. The zero-order chi connectivity index (χ0) is 31.1. The van der Waals surface area contributed by atoms with Gasteiger partial charge < -0.3 is 15.0 Å². The average Bonchev–Trinajstić information content (AvgIpc) is 3.66. The molecule has 2 amide bonds. The number of nitrogens with zero attached hydrogens (tertiary/aromatic N) is 4. The van der Waals surface area contributed by atoms with Gasteiger partial charge in [-0.2, -0.15) is 0 Å². The van der Waals surface area contributed by atoms with E-state index in [2.05, 4.69) is 70.9 Å². The van der Waals surface area contributed by atoms with Gasteiger partial charge in [0.2, 0.25) is 11.8 Å². The number of amides is 2. The van der Waals surface area contributed by atoms with Crippen LogP contribution in [-0.2, 0) is 23.3 Å². The zero-order valence-corrected chi connectivity index (χ0v) is 26.3. The normalized spacial score (nSPS) is 16.6. The summed E-state index contributed by atoms with van der Waals surface area (Å²) in [4.78, 5) is 33.9. The highest BCUT2D eigenvalue weighted by Crippen LogP contribution is 2.42. The van der Waals surface area contributed by atoms with Crippen LogP contribution in [0.25, 0.3) is 0 Å². The van der Waals surface area contributed by atoms with Gasteiger partial charge in [0, 0.05) is 43.0 Å². The molecule has 0 bridgehead atoms. The summed E-state index contributed by atoms with van der Waals surface area (Å²) >= 11 is 6.11. The van der Waals surface area contributed by atoms with Crippen LogP contribution in [0.3, 0.4) is 0 Å². The van der Waals surface area contributed by atoms with Crippen molar-refractivity contribution in [2.45, 2.75) is 50.6 Å². The molecule has 1 aromatic heterocycles. The summed E-state index contributed by atoms with van der Waals surface area (Å²) in [6, 6.07) is 29.3. The van der Waals surface area contributed by atoms with Gasteiger partial charge in [-0.1, -0.05) is 84.4 Å². The highest BCUT2D eigenvalue weighted by molar-refractivity contribution is 6.30. The summed E-state index contributed by atoms with van der Waals surface area (Å²) in [5.74, 6) is 0.635. The number of imidazole rings is 1. The molecule has 1 N–H and O–H groups in total. The SMILES string of the molecule is O=C(NCCCN1CCCC1=O)Oc1c(CN2CCC(c3ccccc3)(c3ccccc3)CC2)ncn1Cc1ccc(Cl)cc1. The summed E-state index contributed by atoms with van der Waals surface area (Å²) < 4.78 is 7.82. The van der Waals surface area contributed by atoms with Gasteiger partial charge in [-0.15, -0.1) is 0 Å². The van der Waals surface area contributed by atoms with E-state index in [0.29, 0.717) is 49.9 Å². The topological polar surface area (TPSA) is 79.7 Å². The Morgan fingerprint density at radius 2 is 1.56 bits per heavy atom. The van der Waals surface area contributed by atoms with Crippen molar-refractivity contribution in [3.8, 4) is 5.88 Å². The smallest absolute Gasteiger partial charge is 0.391 e. The quantitative estimate of drug-likeness (QED) is 0.199. The van der Waals surface area contributed by atoms with E-state index in [9.17, 15) is 9.59 Å². The third-order valence-corrected chi connectivity index (χ3v) is 9.35. The largest absolute Gasteiger partial charge is 0.413 e. The molecule has 3 heterocycles. The first-order chi connectivity index (χ1) is 22.0. The predicted molar refractivity (Wildman–Crippen MR) is 175 cm³/mol. The maximum atomic E-state index is 13.0. The molecule has 0 saturated carbocycles. The number of nitrogens with one attached hydrogen (secondary N) is 1. The summed E-state index contributed by atoms with van der Waals surface area (Å²) in [5, 5.41) is 3.54. The second kappa shape index (κ2) is 14.3. The van der Waals surface area contributed by atoms with Crippen molar-refractivity contribution in [2.24, 2.45) is 0 Å². The molecule has 2 aliphatic heterocycles. The number of piperidine rings is 1. The van der Waals surface area contributed by atoms with Crippen LogP contribution in [0.15, 0.2) is 91.3 Å². The Morgan fingerprint density at radius 3 is 2.18 bits per heavy atom. The van der Waals surface area contributed by atoms with E-state index in [0.717, 1.165) is 50.2 Å². The number of halogens is 1. The Morgan fingerprint density at radius 1 is 0.889 bits per heavy atom. The number of likely N-dealkylation sites (tertiary alicyclic amines) is 2. The standard InChI is InChI=1S/C36H40ClN5O3/c37-31-16-14-28(15-17-31)25-42-27-39-32(34(42)45-35(44)38-20-8-22-41-21-7-13-33(41)43)26-40-23-18-36(19-24-40,29-9-3-1-4-10-29)30-11-5-2-6-12-30/h1-6,9-12,14-17,27H,7-8,13,18-26H2,(H,38,44). The van der Waals surface area contributed by atoms with Crippen LogP contribution >= 0.6 is 11.6 Å². The van der Waals surface area contributed by atoms with Crippen molar-refractivity contribution in [1.82, 2.24) is 24.7 Å². The Labute approximate surface area is 270 Å². The molecule has 8 nitrogen and oxygen atoms in total. The first kappa shape index (κ1) is 30.9. The second-order valence-electron chi connectivity index (χ2n) is 12.0. The van der Waals surface area contributed by atoms with E-state index in [1.54, 1.807) is 6.33 Å². The lowest BCUT2D eigenvalue weighted by molar-refractivity contribution is -0.127. The van der Waals surface area contributed by atoms with Crippen molar-refractivity contribution >= 4 is 23.6 Å². The van der Waals surface area contributed by atoms with Crippen molar-refractivity contribution in [3.63, 3.8) is 0 Å². The first-order valence-corrected chi connectivity index (χ1v) is 16.2. The minimum absolute atomic E-state index is 0.0497. The highest BCUT2D eigenvalue weighted by Gasteiger charge is 2.38. The number of carbonyl (C=O) groups excluding carboxylic acids is 2. The van der Waals surface area contributed by atoms with Crippen molar-refractivity contribution in [2.75, 3.05) is 32.7 Å². The number of hydrogen-bond acceptors (Lipinski definition) is 5. The van der Waals surface area contributed by atoms with Gasteiger partial charge in [0.1, 0.15) is 5.69 Å². The maximum Gasteiger partial charge on any atom is 0.413 e. The molecule has 0 atom stereocenters. The molecular weight excluding hydrogens is 586 g/mol. The molecule has 9 heteroatoms. The molecule has 2 fully saturated rings. The van der Waals surface area contributed by atoms with E-state index in [1.165, 1.54) is 11.1 Å². The fourth-order valence-corrected chi connectivity index (χ4v) is 6.75. The number of ether oxygens (including phenoxy) is 1. The zero-order valence-electron chi connectivity index (χ0n) is 25.5. The number of benzene rings is 3. The monoisotopic (exact) mass is 625 g/mol. The van der Waals surface area contributed by atoms with E-state index in [4.69, 9.17) is 21.3 Å². The van der Waals surface area contributed by atoms with Crippen molar-refractivity contribution < 1.29 is 14.3 Å². The van der Waals surface area contributed by atoms with Gasteiger partial charge >= 0.3 is 6.09 Å². The van der Waals surface area contributed by atoms with Gasteiger partial charge in [-0.25, -0.2) is 9.78 Å². The van der Waals surface area contributed by atoms with Crippen LogP contribution in [0.4, 0.5) is 4.79 Å². The second-order valence-corrected chi connectivity index (χ2v) is 12.4. The Hall–Kier alpha value is -4.14. The van der Waals surface area contributed by atoms with Gasteiger partial charge in [0.15, 0.2) is 0 Å². The summed E-state index contributed by atoms with van der Waals surface area (Å²) in [6.07, 6.45) is 5.37. The Bertz CT molecular complexity index is 1530. The Kier molecular flexibility index (Phi) is 9.81. The molecule has 6 rings (SSSR count). The number of carbonyl (C=O) groups is 2. The van der Waals surface area contributed by atoms with Crippen LogP contribution in [0, 0.1) is 0 Å². The fourth-order valence-electron chi connectivity index (χ4n) is 6.63.